The van der Waals surface area contributed by atoms with Crippen LogP contribution in [0.5, 0.6) is 0 Å². The zero-order valence-electron chi connectivity index (χ0n) is 7.40. The Hall–Kier alpha value is 0.272. The van der Waals surface area contributed by atoms with E-state index in [4.69, 9.17) is 0 Å². The van der Waals surface area contributed by atoms with Crippen molar-refractivity contribution in [2.75, 3.05) is 0 Å². The van der Waals surface area contributed by atoms with Gasteiger partial charge in [-0.05, 0) is 19.8 Å². The van der Waals surface area contributed by atoms with Gasteiger partial charge in [-0.2, -0.15) is 0 Å². The largest absolute Gasteiger partial charge is 0.187 e. The van der Waals surface area contributed by atoms with Gasteiger partial charge in [0.1, 0.15) is 0 Å². The molecule has 0 atom stereocenters. The van der Waals surface area contributed by atoms with Gasteiger partial charge in [0.2, 0.25) is 0 Å². The minimum atomic E-state index is 0. The summed E-state index contributed by atoms with van der Waals surface area (Å²) in [6, 6.07) is 0. The summed E-state index contributed by atoms with van der Waals surface area (Å²) in [5.74, 6) is 0. The van der Waals surface area contributed by atoms with Gasteiger partial charge in [0.15, 0.2) is 17.4 Å². The van der Waals surface area contributed by atoms with Gasteiger partial charge in [0.25, 0.3) is 0 Å². The number of hydrogen-bond donors (Lipinski definition) is 0. The summed E-state index contributed by atoms with van der Waals surface area (Å²) in [4.78, 5) is 0. The van der Waals surface area contributed by atoms with Gasteiger partial charge in [0.05, 0.1) is 0 Å². The summed E-state index contributed by atoms with van der Waals surface area (Å²) < 4.78 is 0. The third-order valence-corrected chi connectivity index (χ3v) is 1.71. The topological polar surface area (TPSA) is 0 Å². The second kappa shape index (κ2) is 12.9. The SMILES string of the molecule is CC=CCCCCCCC.[AlH3]. The van der Waals surface area contributed by atoms with E-state index in [-0.39, 0.29) is 17.4 Å². The number of hydrogen-bond acceptors (Lipinski definition) is 0. The van der Waals surface area contributed by atoms with Gasteiger partial charge >= 0.3 is 0 Å². The fourth-order valence-corrected chi connectivity index (χ4v) is 1.03. The van der Waals surface area contributed by atoms with Crippen LogP contribution >= 0.6 is 0 Å². The molecule has 1 heteroatoms. The van der Waals surface area contributed by atoms with Crippen molar-refractivity contribution in [1.82, 2.24) is 0 Å². The highest BCUT2D eigenvalue weighted by molar-refractivity contribution is 5.75. The summed E-state index contributed by atoms with van der Waals surface area (Å²) in [6.45, 7) is 4.35. The molecule has 0 heterocycles. The summed E-state index contributed by atoms with van der Waals surface area (Å²) in [5.41, 5.74) is 0. The van der Waals surface area contributed by atoms with Gasteiger partial charge < -0.3 is 0 Å². The first-order valence-electron chi connectivity index (χ1n) is 4.53. The van der Waals surface area contributed by atoms with E-state index in [1.165, 1.54) is 38.5 Å². The van der Waals surface area contributed by atoms with Gasteiger partial charge in [0, 0.05) is 0 Å². The van der Waals surface area contributed by atoms with Crippen molar-refractivity contribution in [1.29, 1.82) is 0 Å². The maximum Gasteiger partial charge on any atom is 0.187 e. The van der Waals surface area contributed by atoms with Crippen molar-refractivity contribution in [3.05, 3.63) is 12.2 Å². The molecule has 0 bridgehead atoms. The van der Waals surface area contributed by atoms with Gasteiger partial charge in [-0.1, -0.05) is 44.8 Å². The quantitative estimate of drug-likeness (QED) is 0.326. The molecule has 0 aliphatic carbocycles. The predicted octanol–water partition coefficient (Wildman–Crippen LogP) is 2.74. The fourth-order valence-electron chi connectivity index (χ4n) is 1.03. The van der Waals surface area contributed by atoms with Crippen molar-refractivity contribution < 1.29 is 0 Å². The first-order chi connectivity index (χ1) is 4.91. The average Bonchev–Trinajstić information content (AvgIpc) is 1.97. The third kappa shape index (κ3) is 13.3. The molecule has 0 aromatic carbocycles. The lowest BCUT2D eigenvalue weighted by Crippen LogP contribution is -1.75. The Kier molecular flexibility index (Phi) is 16.2. The van der Waals surface area contributed by atoms with E-state index in [2.05, 4.69) is 26.0 Å². The minimum absolute atomic E-state index is 0. The molecule has 0 amide bonds. The Labute approximate surface area is 82.2 Å². The molecular formula is C10H23Al. The highest BCUT2D eigenvalue weighted by Crippen LogP contribution is 2.04. The van der Waals surface area contributed by atoms with Crippen molar-refractivity contribution >= 4 is 17.4 Å². The monoisotopic (exact) mass is 170 g/mol. The molecule has 0 aliphatic rings. The van der Waals surface area contributed by atoms with Gasteiger partial charge in [-0.15, -0.1) is 0 Å². The Morgan fingerprint density at radius 1 is 1.00 bits per heavy atom. The first-order valence-corrected chi connectivity index (χ1v) is 4.53. The highest BCUT2D eigenvalue weighted by Gasteiger charge is 1.84. The lowest BCUT2D eigenvalue weighted by atomic mass is 10.1. The van der Waals surface area contributed by atoms with Crippen LogP contribution in [-0.4, -0.2) is 17.4 Å². The Bertz CT molecular complexity index is 76.9. The molecule has 0 rings (SSSR count). The lowest BCUT2D eigenvalue weighted by Gasteiger charge is -1.95. The molecule has 0 N–H and O–H groups in total. The average molecular weight is 170 g/mol. The second-order valence-corrected chi connectivity index (χ2v) is 2.77. The van der Waals surface area contributed by atoms with E-state index >= 15 is 0 Å². The lowest BCUT2D eigenvalue weighted by molar-refractivity contribution is 0.637. The van der Waals surface area contributed by atoms with Gasteiger partial charge in [-0.25, -0.2) is 0 Å². The van der Waals surface area contributed by atoms with Gasteiger partial charge in [-0.3, -0.25) is 0 Å². The van der Waals surface area contributed by atoms with Crippen LogP contribution in [0.1, 0.15) is 52.4 Å². The fraction of sp³-hybridized carbons (Fsp3) is 0.800. The molecule has 0 spiro atoms. The standard InChI is InChI=1S/C10H20.Al.3H/c1-3-5-7-9-10-8-6-4-2;;;;/h3,5H,4,6-10H2,1-2H3;;;;. The Morgan fingerprint density at radius 3 is 2.18 bits per heavy atom. The smallest absolute Gasteiger partial charge is 0.0917 e. The number of allylic oxidation sites excluding steroid dienone is 2. The molecule has 0 aromatic rings. The van der Waals surface area contributed by atoms with Crippen LogP contribution in [-0.2, 0) is 0 Å². The molecule has 0 nitrogen and oxygen atoms in total. The summed E-state index contributed by atoms with van der Waals surface area (Å²) in [5, 5.41) is 0. The highest BCUT2D eigenvalue weighted by atomic mass is 27.0. The predicted molar refractivity (Wildman–Crippen MR) is 58.1 cm³/mol. The van der Waals surface area contributed by atoms with E-state index in [0.717, 1.165) is 0 Å². The van der Waals surface area contributed by atoms with Crippen LogP contribution in [0.3, 0.4) is 0 Å². The Balaban J connectivity index is 0. The van der Waals surface area contributed by atoms with Crippen LogP contribution < -0.4 is 0 Å². The molecule has 0 unspecified atom stereocenters. The maximum absolute atomic E-state index is 2.26. The van der Waals surface area contributed by atoms with Crippen LogP contribution in [0.2, 0.25) is 0 Å². The minimum Gasteiger partial charge on any atom is -0.0917 e. The number of unbranched alkanes of at least 4 members (excludes halogenated alkanes) is 5. The second-order valence-electron chi connectivity index (χ2n) is 2.77. The normalized spacial score (nSPS) is 10.0. The summed E-state index contributed by atoms with van der Waals surface area (Å²) >= 11 is 0. The number of rotatable bonds is 6. The van der Waals surface area contributed by atoms with Crippen LogP contribution in [0.15, 0.2) is 12.2 Å². The first kappa shape index (κ1) is 13.8. The molecular weight excluding hydrogens is 147 g/mol. The van der Waals surface area contributed by atoms with Crippen molar-refractivity contribution in [2.45, 2.75) is 52.4 Å². The third-order valence-electron chi connectivity index (χ3n) is 1.71. The van der Waals surface area contributed by atoms with Crippen LogP contribution in [0, 0.1) is 0 Å². The molecule has 0 aromatic heterocycles. The summed E-state index contributed by atoms with van der Waals surface area (Å²) in [7, 11) is 0. The summed E-state index contributed by atoms with van der Waals surface area (Å²) in [6.07, 6.45) is 12.7. The molecule has 0 saturated carbocycles. The molecule has 0 fully saturated rings. The van der Waals surface area contributed by atoms with E-state index < -0.39 is 0 Å². The van der Waals surface area contributed by atoms with E-state index in [1.54, 1.807) is 0 Å². The van der Waals surface area contributed by atoms with E-state index in [1.807, 2.05) is 0 Å². The molecule has 0 radical (unpaired) electrons. The molecule has 0 aliphatic heterocycles. The molecule has 11 heavy (non-hydrogen) atoms. The van der Waals surface area contributed by atoms with Crippen LogP contribution in [0.4, 0.5) is 0 Å². The van der Waals surface area contributed by atoms with Crippen LogP contribution in [0.25, 0.3) is 0 Å². The molecule has 0 saturated heterocycles. The van der Waals surface area contributed by atoms with E-state index in [9.17, 15) is 0 Å². The zero-order chi connectivity index (χ0) is 7.66. The molecule has 66 valence electrons. The zero-order valence-corrected chi connectivity index (χ0v) is 7.40. The van der Waals surface area contributed by atoms with Crippen molar-refractivity contribution in [2.24, 2.45) is 0 Å². The van der Waals surface area contributed by atoms with Crippen molar-refractivity contribution in [3.63, 3.8) is 0 Å². The van der Waals surface area contributed by atoms with Crippen molar-refractivity contribution in [3.8, 4) is 0 Å². The van der Waals surface area contributed by atoms with E-state index in [0.29, 0.717) is 0 Å². The Morgan fingerprint density at radius 2 is 1.64 bits per heavy atom. The maximum atomic E-state index is 2.26.